The Bertz CT molecular complexity index is 297. The van der Waals surface area contributed by atoms with Crippen molar-refractivity contribution in [3.05, 3.63) is 23.5 Å². The molecular weight excluding hydrogens is 186 g/mol. The van der Waals surface area contributed by atoms with Gasteiger partial charge in [-0.15, -0.1) is 0 Å². The number of pyridine rings is 1. The first-order valence-electron chi connectivity index (χ1n) is 4.38. The molecule has 0 amide bonds. The predicted molar refractivity (Wildman–Crippen MR) is 53.9 cm³/mol. The average Bonchev–Trinajstić information content (AvgIpc) is 2.01. The summed E-state index contributed by atoms with van der Waals surface area (Å²) in [5, 5.41) is 3.87. The lowest BCUT2D eigenvalue weighted by molar-refractivity contribution is 0.373. The molecule has 70 valence electrons. The molecule has 0 atom stereocenters. The van der Waals surface area contributed by atoms with E-state index in [9.17, 15) is 0 Å². The third kappa shape index (κ3) is 2.11. The van der Waals surface area contributed by atoms with Gasteiger partial charge in [-0.3, -0.25) is 0 Å². The van der Waals surface area contributed by atoms with Crippen molar-refractivity contribution in [1.29, 1.82) is 0 Å². The first-order chi connectivity index (χ1) is 6.24. The highest BCUT2D eigenvalue weighted by atomic mass is 35.5. The fraction of sp³-hybridized carbons (Fsp3) is 0.444. The van der Waals surface area contributed by atoms with E-state index in [0.717, 1.165) is 18.5 Å². The van der Waals surface area contributed by atoms with Crippen molar-refractivity contribution in [1.82, 2.24) is 4.98 Å². The lowest BCUT2D eigenvalue weighted by Crippen LogP contribution is -2.44. The van der Waals surface area contributed by atoms with E-state index in [4.69, 9.17) is 17.3 Å². The Balaban J connectivity index is 1.94. The SMILES string of the molecule is NC1CC(Nc2ccnc(Cl)c2)C1. The van der Waals surface area contributed by atoms with Gasteiger partial charge in [0.1, 0.15) is 5.15 Å². The van der Waals surface area contributed by atoms with Gasteiger partial charge in [0.15, 0.2) is 0 Å². The highest BCUT2D eigenvalue weighted by molar-refractivity contribution is 6.29. The van der Waals surface area contributed by atoms with Crippen molar-refractivity contribution in [3.63, 3.8) is 0 Å². The van der Waals surface area contributed by atoms with Crippen molar-refractivity contribution < 1.29 is 0 Å². The van der Waals surface area contributed by atoms with E-state index < -0.39 is 0 Å². The summed E-state index contributed by atoms with van der Waals surface area (Å²) in [4.78, 5) is 3.91. The van der Waals surface area contributed by atoms with Crippen LogP contribution in [-0.4, -0.2) is 17.1 Å². The monoisotopic (exact) mass is 197 g/mol. The fourth-order valence-corrected chi connectivity index (χ4v) is 1.68. The molecule has 1 saturated carbocycles. The molecule has 0 spiro atoms. The number of aromatic nitrogens is 1. The maximum absolute atomic E-state index is 5.74. The quantitative estimate of drug-likeness (QED) is 0.709. The summed E-state index contributed by atoms with van der Waals surface area (Å²) in [6.45, 7) is 0. The Hall–Kier alpha value is -0.800. The minimum Gasteiger partial charge on any atom is -0.382 e. The minimum atomic E-state index is 0.370. The van der Waals surface area contributed by atoms with Crippen LogP contribution in [0.3, 0.4) is 0 Å². The summed E-state index contributed by atoms with van der Waals surface area (Å²) < 4.78 is 0. The van der Waals surface area contributed by atoms with Crippen LogP contribution in [0.1, 0.15) is 12.8 Å². The summed E-state index contributed by atoms with van der Waals surface area (Å²) in [6, 6.07) is 4.62. The number of rotatable bonds is 2. The van der Waals surface area contributed by atoms with Gasteiger partial charge in [0.25, 0.3) is 0 Å². The molecule has 0 bridgehead atoms. The van der Waals surface area contributed by atoms with E-state index >= 15 is 0 Å². The van der Waals surface area contributed by atoms with E-state index in [1.807, 2.05) is 12.1 Å². The molecule has 3 nitrogen and oxygen atoms in total. The number of anilines is 1. The van der Waals surface area contributed by atoms with Crippen molar-refractivity contribution in [2.75, 3.05) is 5.32 Å². The first-order valence-corrected chi connectivity index (χ1v) is 4.75. The molecule has 1 fully saturated rings. The second kappa shape index (κ2) is 3.52. The average molecular weight is 198 g/mol. The Morgan fingerprint density at radius 3 is 2.92 bits per heavy atom. The predicted octanol–water partition coefficient (Wildman–Crippen LogP) is 1.64. The Kier molecular flexibility index (Phi) is 2.38. The lowest BCUT2D eigenvalue weighted by Gasteiger charge is -2.33. The third-order valence-corrected chi connectivity index (χ3v) is 2.48. The normalized spacial score (nSPS) is 26.6. The van der Waals surface area contributed by atoms with Crippen LogP contribution in [-0.2, 0) is 0 Å². The summed E-state index contributed by atoms with van der Waals surface area (Å²) >= 11 is 5.74. The summed E-state index contributed by atoms with van der Waals surface area (Å²) in [7, 11) is 0. The van der Waals surface area contributed by atoms with Crippen LogP contribution in [0.4, 0.5) is 5.69 Å². The van der Waals surface area contributed by atoms with Gasteiger partial charge in [0.05, 0.1) is 0 Å². The van der Waals surface area contributed by atoms with E-state index in [1.54, 1.807) is 6.20 Å². The number of hydrogen-bond donors (Lipinski definition) is 2. The van der Waals surface area contributed by atoms with Gasteiger partial charge in [-0.25, -0.2) is 4.98 Å². The molecule has 1 heterocycles. The second-order valence-corrected chi connectivity index (χ2v) is 3.83. The van der Waals surface area contributed by atoms with Crippen LogP contribution in [0.5, 0.6) is 0 Å². The van der Waals surface area contributed by atoms with Crippen LogP contribution >= 0.6 is 11.6 Å². The molecule has 1 aliphatic carbocycles. The van der Waals surface area contributed by atoms with Crippen LogP contribution in [0.25, 0.3) is 0 Å². The fourth-order valence-electron chi connectivity index (χ4n) is 1.51. The molecule has 0 radical (unpaired) electrons. The van der Waals surface area contributed by atoms with Gasteiger partial charge >= 0.3 is 0 Å². The Labute approximate surface area is 82.3 Å². The van der Waals surface area contributed by atoms with E-state index in [0.29, 0.717) is 17.2 Å². The topological polar surface area (TPSA) is 50.9 Å². The molecule has 1 aromatic heterocycles. The lowest BCUT2D eigenvalue weighted by atomic mass is 9.87. The van der Waals surface area contributed by atoms with Gasteiger partial charge in [0, 0.05) is 24.0 Å². The van der Waals surface area contributed by atoms with Crippen LogP contribution in [0, 0.1) is 0 Å². The molecule has 0 aromatic carbocycles. The van der Waals surface area contributed by atoms with Crippen LogP contribution in [0.15, 0.2) is 18.3 Å². The van der Waals surface area contributed by atoms with Gasteiger partial charge < -0.3 is 11.1 Å². The summed E-state index contributed by atoms with van der Waals surface area (Å²) in [5.74, 6) is 0. The second-order valence-electron chi connectivity index (χ2n) is 3.44. The zero-order chi connectivity index (χ0) is 9.26. The maximum Gasteiger partial charge on any atom is 0.131 e. The summed E-state index contributed by atoms with van der Waals surface area (Å²) in [5.41, 5.74) is 6.70. The molecular formula is C9H12ClN3. The van der Waals surface area contributed by atoms with Crippen molar-refractivity contribution in [3.8, 4) is 0 Å². The summed E-state index contributed by atoms with van der Waals surface area (Å²) in [6.07, 6.45) is 3.78. The number of nitrogens with two attached hydrogens (primary N) is 1. The van der Waals surface area contributed by atoms with Gasteiger partial charge in [-0.1, -0.05) is 11.6 Å². The molecule has 3 N–H and O–H groups in total. The standard InChI is InChI=1S/C9H12ClN3/c10-9-5-7(1-2-12-9)13-8-3-6(11)4-8/h1-2,5-6,8H,3-4,11H2,(H,12,13). The zero-order valence-electron chi connectivity index (χ0n) is 7.20. The van der Waals surface area contributed by atoms with E-state index in [-0.39, 0.29) is 0 Å². The van der Waals surface area contributed by atoms with Gasteiger partial charge in [-0.05, 0) is 25.0 Å². The number of halogens is 1. The molecule has 4 heteroatoms. The Morgan fingerprint density at radius 2 is 2.31 bits per heavy atom. The molecule has 1 aromatic rings. The molecule has 2 rings (SSSR count). The van der Waals surface area contributed by atoms with Gasteiger partial charge in [0.2, 0.25) is 0 Å². The highest BCUT2D eigenvalue weighted by Gasteiger charge is 2.25. The first kappa shape index (κ1) is 8.78. The smallest absolute Gasteiger partial charge is 0.131 e. The number of nitrogens with zero attached hydrogens (tertiary/aromatic N) is 1. The Morgan fingerprint density at radius 1 is 1.54 bits per heavy atom. The molecule has 0 unspecified atom stereocenters. The van der Waals surface area contributed by atoms with Crippen molar-refractivity contribution in [2.45, 2.75) is 24.9 Å². The minimum absolute atomic E-state index is 0.370. The third-order valence-electron chi connectivity index (χ3n) is 2.27. The van der Waals surface area contributed by atoms with Crippen molar-refractivity contribution in [2.24, 2.45) is 5.73 Å². The largest absolute Gasteiger partial charge is 0.382 e. The zero-order valence-corrected chi connectivity index (χ0v) is 7.96. The number of hydrogen-bond acceptors (Lipinski definition) is 3. The van der Waals surface area contributed by atoms with Crippen LogP contribution in [0.2, 0.25) is 5.15 Å². The molecule has 13 heavy (non-hydrogen) atoms. The molecule has 0 saturated heterocycles. The molecule has 0 aliphatic heterocycles. The van der Waals surface area contributed by atoms with E-state index in [2.05, 4.69) is 10.3 Å². The van der Waals surface area contributed by atoms with E-state index in [1.165, 1.54) is 0 Å². The number of nitrogens with one attached hydrogen (secondary N) is 1. The van der Waals surface area contributed by atoms with Crippen molar-refractivity contribution >= 4 is 17.3 Å². The van der Waals surface area contributed by atoms with Gasteiger partial charge in [-0.2, -0.15) is 0 Å². The highest BCUT2D eigenvalue weighted by Crippen LogP contribution is 2.23. The maximum atomic E-state index is 5.74. The molecule has 1 aliphatic rings. The van der Waals surface area contributed by atoms with Crippen LogP contribution < -0.4 is 11.1 Å².